The van der Waals surface area contributed by atoms with Gasteiger partial charge in [-0.1, -0.05) is 17.7 Å². The van der Waals surface area contributed by atoms with E-state index in [0.717, 1.165) is 11.3 Å². The average Bonchev–Trinajstić information content (AvgIpc) is 2.73. The van der Waals surface area contributed by atoms with Gasteiger partial charge in [0.2, 0.25) is 0 Å². The molecule has 1 aromatic carbocycles. The predicted molar refractivity (Wildman–Crippen MR) is 76.1 cm³/mol. The van der Waals surface area contributed by atoms with Crippen LogP contribution >= 0.6 is 0 Å². The van der Waals surface area contributed by atoms with E-state index in [2.05, 4.69) is 5.10 Å². The highest BCUT2D eigenvalue weighted by molar-refractivity contribution is 6.08. The molecular weight excluding hydrogens is 240 g/mol. The molecule has 0 radical (unpaired) electrons. The van der Waals surface area contributed by atoms with Gasteiger partial charge in [-0.05, 0) is 26.0 Å². The molecule has 0 saturated carbocycles. The number of nitrogens with two attached hydrogens (primary N) is 1. The summed E-state index contributed by atoms with van der Waals surface area (Å²) in [4.78, 5) is 14.2. The van der Waals surface area contributed by atoms with E-state index in [9.17, 15) is 4.79 Å². The lowest BCUT2D eigenvalue weighted by molar-refractivity contribution is 0.0989. The number of hydrogen-bond donors (Lipinski definition) is 1. The second kappa shape index (κ2) is 5.14. The Balaban J connectivity index is 2.34. The van der Waals surface area contributed by atoms with Crippen LogP contribution in [0.5, 0.6) is 0 Å². The van der Waals surface area contributed by atoms with Gasteiger partial charge in [0.1, 0.15) is 11.4 Å². The number of benzene rings is 1. The normalized spacial score (nSPS) is 10.5. The van der Waals surface area contributed by atoms with Crippen molar-refractivity contribution in [1.82, 2.24) is 9.78 Å². The van der Waals surface area contributed by atoms with E-state index in [0.29, 0.717) is 17.9 Å². The summed E-state index contributed by atoms with van der Waals surface area (Å²) in [6.07, 6.45) is 1.51. The average molecular weight is 258 g/mol. The summed E-state index contributed by atoms with van der Waals surface area (Å²) in [6, 6.07) is 7.84. The number of anilines is 2. The van der Waals surface area contributed by atoms with Gasteiger partial charge in [-0.2, -0.15) is 5.10 Å². The van der Waals surface area contributed by atoms with Gasteiger partial charge < -0.3 is 10.6 Å². The first-order valence-corrected chi connectivity index (χ1v) is 6.20. The molecule has 2 rings (SSSR count). The molecule has 0 fully saturated rings. The van der Waals surface area contributed by atoms with Crippen LogP contribution in [0.1, 0.15) is 22.8 Å². The maximum absolute atomic E-state index is 12.5. The molecule has 2 N–H and O–H groups in total. The molecule has 0 spiro atoms. The highest BCUT2D eigenvalue weighted by Gasteiger charge is 2.20. The van der Waals surface area contributed by atoms with Crippen molar-refractivity contribution in [3.63, 3.8) is 0 Å². The van der Waals surface area contributed by atoms with Crippen LogP contribution in [0.15, 0.2) is 30.5 Å². The number of hydrogen-bond acceptors (Lipinski definition) is 3. The monoisotopic (exact) mass is 258 g/mol. The van der Waals surface area contributed by atoms with E-state index < -0.39 is 0 Å². The summed E-state index contributed by atoms with van der Waals surface area (Å²) in [5, 5.41) is 4.01. The summed E-state index contributed by atoms with van der Waals surface area (Å²) in [6.45, 7) is 4.53. The van der Waals surface area contributed by atoms with E-state index in [-0.39, 0.29) is 5.91 Å². The van der Waals surface area contributed by atoms with Crippen molar-refractivity contribution in [2.75, 3.05) is 17.2 Å². The zero-order valence-corrected chi connectivity index (χ0v) is 11.4. The molecule has 0 unspecified atom stereocenters. The van der Waals surface area contributed by atoms with Crippen molar-refractivity contribution >= 4 is 17.4 Å². The van der Waals surface area contributed by atoms with Crippen molar-refractivity contribution in [2.45, 2.75) is 13.8 Å². The van der Waals surface area contributed by atoms with Crippen LogP contribution < -0.4 is 10.6 Å². The zero-order valence-electron chi connectivity index (χ0n) is 11.4. The third-order valence-electron chi connectivity index (χ3n) is 3.12. The van der Waals surface area contributed by atoms with Gasteiger partial charge in [0.05, 0.1) is 6.20 Å². The van der Waals surface area contributed by atoms with Gasteiger partial charge in [0.25, 0.3) is 5.91 Å². The first-order valence-electron chi connectivity index (χ1n) is 6.20. The lowest BCUT2D eigenvalue weighted by Gasteiger charge is -2.20. The van der Waals surface area contributed by atoms with Crippen molar-refractivity contribution in [3.05, 3.63) is 41.6 Å². The summed E-state index contributed by atoms with van der Waals surface area (Å²) >= 11 is 0. The first-order chi connectivity index (χ1) is 9.04. The Morgan fingerprint density at radius 2 is 2.00 bits per heavy atom. The van der Waals surface area contributed by atoms with Gasteiger partial charge in [-0.3, -0.25) is 9.48 Å². The highest BCUT2D eigenvalue weighted by atomic mass is 16.2. The standard InChI is InChI=1S/C14H18N4O/c1-4-18(11-7-5-10(2)6-8-11)14(19)12-9-16-17(3)13(12)15/h5-9H,4,15H2,1-3H3. The largest absolute Gasteiger partial charge is 0.383 e. The summed E-state index contributed by atoms with van der Waals surface area (Å²) < 4.78 is 1.50. The van der Waals surface area contributed by atoms with Gasteiger partial charge in [0, 0.05) is 19.3 Å². The second-order valence-electron chi connectivity index (χ2n) is 4.45. The maximum Gasteiger partial charge on any atom is 0.263 e. The minimum absolute atomic E-state index is 0.128. The summed E-state index contributed by atoms with van der Waals surface area (Å²) in [5.74, 6) is 0.257. The Bertz CT molecular complexity index is 586. The van der Waals surface area contributed by atoms with E-state index in [4.69, 9.17) is 5.73 Å². The minimum Gasteiger partial charge on any atom is -0.383 e. The molecule has 1 heterocycles. The molecule has 0 aliphatic carbocycles. The van der Waals surface area contributed by atoms with Crippen molar-refractivity contribution in [2.24, 2.45) is 7.05 Å². The third-order valence-corrected chi connectivity index (χ3v) is 3.12. The van der Waals surface area contributed by atoms with E-state index in [1.165, 1.54) is 10.9 Å². The molecule has 1 amide bonds. The highest BCUT2D eigenvalue weighted by Crippen LogP contribution is 2.20. The molecule has 5 heteroatoms. The van der Waals surface area contributed by atoms with Crippen molar-refractivity contribution in [3.8, 4) is 0 Å². The Hall–Kier alpha value is -2.30. The molecule has 5 nitrogen and oxygen atoms in total. The third kappa shape index (κ3) is 2.45. The predicted octanol–water partition coefficient (Wildman–Crippen LogP) is 1.98. The van der Waals surface area contributed by atoms with Crippen LogP contribution in [-0.2, 0) is 7.05 Å². The van der Waals surface area contributed by atoms with Crippen LogP contribution in [-0.4, -0.2) is 22.2 Å². The lowest BCUT2D eigenvalue weighted by atomic mass is 10.2. The quantitative estimate of drug-likeness (QED) is 0.915. The number of carbonyl (C=O) groups is 1. The van der Waals surface area contributed by atoms with E-state index in [1.807, 2.05) is 38.1 Å². The fourth-order valence-corrected chi connectivity index (χ4v) is 1.93. The van der Waals surface area contributed by atoms with Crippen LogP contribution in [0.3, 0.4) is 0 Å². The summed E-state index contributed by atoms with van der Waals surface area (Å²) in [7, 11) is 1.72. The van der Waals surface area contributed by atoms with Gasteiger partial charge in [-0.25, -0.2) is 0 Å². The molecule has 0 atom stereocenters. The molecule has 0 aliphatic heterocycles. The fraction of sp³-hybridized carbons (Fsp3) is 0.286. The van der Waals surface area contributed by atoms with E-state index >= 15 is 0 Å². The van der Waals surface area contributed by atoms with Crippen molar-refractivity contribution in [1.29, 1.82) is 0 Å². The topological polar surface area (TPSA) is 64.2 Å². The smallest absolute Gasteiger partial charge is 0.263 e. The second-order valence-corrected chi connectivity index (χ2v) is 4.45. The zero-order chi connectivity index (χ0) is 14.0. The number of aromatic nitrogens is 2. The molecule has 100 valence electrons. The number of carbonyl (C=O) groups excluding carboxylic acids is 1. The van der Waals surface area contributed by atoms with Crippen LogP contribution in [0.25, 0.3) is 0 Å². The van der Waals surface area contributed by atoms with Crippen LogP contribution in [0.4, 0.5) is 11.5 Å². The molecule has 0 bridgehead atoms. The van der Waals surface area contributed by atoms with Gasteiger partial charge in [-0.15, -0.1) is 0 Å². The van der Waals surface area contributed by atoms with Gasteiger partial charge >= 0.3 is 0 Å². The SMILES string of the molecule is CCN(C(=O)c1cnn(C)c1N)c1ccc(C)cc1. The number of rotatable bonds is 3. The molecule has 0 saturated heterocycles. The number of aryl methyl sites for hydroxylation is 2. The first kappa shape index (κ1) is 13.1. The van der Waals surface area contributed by atoms with Crippen LogP contribution in [0.2, 0.25) is 0 Å². The lowest BCUT2D eigenvalue weighted by Crippen LogP contribution is -2.31. The molecule has 19 heavy (non-hydrogen) atoms. The Labute approximate surface area is 112 Å². The minimum atomic E-state index is -0.128. The number of nitrogen functional groups attached to an aromatic ring is 1. The molecule has 0 aliphatic rings. The van der Waals surface area contributed by atoms with Crippen molar-refractivity contribution < 1.29 is 4.79 Å². The number of nitrogens with zero attached hydrogens (tertiary/aromatic N) is 3. The Morgan fingerprint density at radius 3 is 2.47 bits per heavy atom. The molecular formula is C14H18N4O. The van der Waals surface area contributed by atoms with E-state index in [1.54, 1.807) is 11.9 Å². The Morgan fingerprint density at radius 1 is 1.37 bits per heavy atom. The maximum atomic E-state index is 12.5. The molecule has 1 aromatic heterocycles. The van der Waals surface area contributed by atoms with Crippen LogP contribution in [0, 0.1) is 6.92 Å². The summed E-state index contributed by atoms with van der Waals surface area (Å²) in [5.41, 5.74) is 8.31. The van der Waals surface area contributed by atoms with Gasteiger partial charge in [0.15, 0.2) is 0 Å². The number of amides is 1. The molecule has 2 aromatic rings. The Kier molecular flexibility index (Phi) is 3.55. The fourth-order valence-electron chi connectivity index (χ4n) is 1.93.